The van der Waals surface area contributed by atoms with Crippen LogP contribution in [0.25, 0.3) is 0 Å². The summed E-state index contributed by atoms with van der Waals surface area (Å²) < 4.78 is 5.66. The Morgan fingerprint density at radius 2 is 1.88 bits per heavy atom. The zero-order valence-corrected chi connectivity index (χ0v) is 14.1. The number of nitro benzene ring substituents is 1. The molecule has 3 atom stereocenters. The number of nitro groups is 1. The first-order chi connectivity index (χ1) is 11.4. The molecule has 2 rings (SSSR count). The molecule has 0 bridgehead atoms. The first-order valence-electron chi connectivity index (χ1n) is 8.18. The maximum absolute atomic E-state index is 12.0. The Hall–Kier alpha value is -2.19. The summed E-state index contributed by atoms with van der Waals surface area (Å²) >= 11 is 0. The number of carbonyl (C=O) groups excluding carboxylic acids is 1. The lowest BCUT2D eigenvalue weighted by molar-refractivity contribution is -0.907. The second-order valence-electron chi connectivity index (χ2n) is 6.17. The lowest BCUT2D eigenvalue weighted by Crippen LogP contribution is -3.16. The van der Waals surface area contributed by atoms with Gasteiger partial charge >= 0.3 is 0 Å². The summed E-state index contributed by atoms with van der Waals surface area (Å²) in [5, 5.41) is 16.6. The molecule has 24 heavy (non-hydrogen) atoms. The summed E-state index contributed by atoms with van der Waals surface area (Å²) in [4.78, 5) is 23.4. The number of benzene rings is 1. The first-order valence-corrected chi connectivity index (χ1v) is 8.18. The Labute approximate surface area is 141 Å². The highest BCUT2D eigenvalue weighted by atomic mass is 16.6. The van der Waals surface area contributed by atoms with Gasteiger partial charge in [-0.3, -0.25) is 14.9 Å². The molecule has 132 valence electrons. The van der Waals surface area contributed by atoms with Crippen LogP contribution in [0.1, 0.15) is 13.8 Å². The molecule has 1 fully saturated rings. The van der Waals surface area contributed by atoms with Gasteiger partial charge in [0.1, 0.15) is 25.3 Å². The Kier molecular flexibility index (Phi) is 6.51. The van der Waals surface area contributed by atoms with Crippen molar-refractivity contribution in [2.75, 3.05) is 38.0 Å². The number of hydrogen-bond acceptors (Lipinski definition) is 5. The van der Waals surface area contributed by atoms with E-state index < -0.39 is 4.92 Å². The van der Waals surface area contributed by atoms with E-state index in [1.54, 1.807) is 12.1 Å². The predicted molar refractivity (Wildman–Crippen MR) is 90.2 cm³/mol. The summed E-state index contributed by atoms with van der Waals surface area (Å²) in [7, 11) is 0. The maximum atomic E-state index is 12.0. The van der Waals surface area contributed by atoms with Crippen molar-refractivity contribution >= 4 is 17.3 Å². The standard InChI is InChI=1S/C16H24N4O4/c1-12-9-19(10-13(2)24-12)11-16(21)18-8-7-17-14-3-5-15(6-4-14)20(22)23/h3-6,12-13,17H,7-11H2,1-2H3,(H,18,21)/p+1/t12-,13+. The fourth-order valence-corrected chi connectivity index (χ4v) is 2.93. The molecule has 0 aliphatic carbocycles. The van der Waals surface area contributed by atoms with Crippen LogP contribution in [0.5, 0.6) is 0 Å². The SMILES string of the molecule is C[C@@H]1C[NH+](CC(=O)NCCNc2ccc([N+](=O)[O-])cc2)C[C@H](C)O1. The number of anilines is 1. The molecular weight excluding hydrogens is 312 g/mol. The maximum Gasteiger partial charge on any atom is 0.275 e. The van der Waals surface area contributed by atoms with E-state index in [9.17, 15) is 14.9 Å². The monoisotopic (exact) mass is 337 g/mol. The third-order valence-corrected chi connectivity index (χ3v) is 3.88. The quantitative estimate of drug-likeness (QED) is 0.364. The largest absolute Gasteiger partial charge is 0.383 e. The normalized spacial score (nSPS) is 23.5. The van der Waals surface area contributed by atoms with Crippen molar-refractivity contribution in [1.29, 1.82) is 0 Å². The smallest absolute Gasteiger partial charge is 0.275 e. The van der Waals surface area contributed by atoms with Gasteiger partial charge in [-0.25, -0.2) is 0 Å². The van der Waals surface area contributed by atoms with E-state index in [2.05, 4.69) is 10.6 Å². The molecule has 8 nitrogen and oxygen atoms in total. The number of ether oxygens (including phenoxy) is 1. The van der Waals surface area contributed by atoms with E-state index in [0.717, 1.165) is 18.8 Å². The van der Waals surface area contributed by atoms with Crippen LogP contribution in [0, 0.1) is 10.1 Å². The minimum absolute atomic E-state index is 0.0248. The van der Waals surface area contributed by atoms with Gasteiger partial charge in [0.15, 0.2) is 6.54 Å². The number of nitrogens with zero attached hydrogens (tertiary/aromatic N) is 1. The molecule has 1 aliphatic rings. The lowest BCUT2D eigenvalue weighted by atomic mass is 10.2. The number of carbonyl (C=O) groups is 1. The molecule has 8 heteroatoms. The number of amides is 1. The van der Waals surface area contributed by atoms with Gasteiger partial charge in [-0.15, -0.1) is 0 Å². The van der Waals surface area contributed by atoms with Crippen LogP contribution in [0.2, 0.25) is 0 Å². The third-order valence-electron chi connectivity index (χ3n) is 3.88. The second kappa shape index (κ2) is 8.60. The fraction of sp³-hybridized carbons (Fsp3) is 0.562. The van der Waals surface area contributed by atoms with Gasteiger partial charge in [0, 0.05) is 30.9 Å². The average Bonchev–Trinajstić information content (AvgIpc) is 2.51. The van der Waals surface area contributed by atoms with E-state index in [1.165, 1.54) is 17.0 Å². The Bertz CT molecular complexity index is 554. The molecule has 0 radical (unpaired) electrons. The van der Waals surface area contributed by atoms with Gasteiger partial charge in [0.25, 0.3) is 11.6 Å². The van der Waals surface area contributed by atoms with Gasteiger partial charge in [-0.1, -0.05) is 0 Å². The number of quaternary nitrogens is 1. The molecule has 0 saturated carbocycles. The van der Waals surface area contributed by atoms with Crippen molar-refractivity contribution in [3.63, 3.8) is 0 Å². The first kappa shape index (κ1) is 18.2. The lowest BCUT2D eigenvalue weighted by Gasteiger charge is -2.31. The summed E-state index contributed by atoms with van der Waals surface area (Å²) in [6.45, 7) is 7.27. The zero-order chi connectivity index (χ0) is 17.5. The van der Waals surface area contributed by atoms with Crippen LogP contribution in [0.15, 0.2) is 24.3 Å². The molecule has 1 heterocycles. The Morgan fingerprint density at radius 1 is 1.25 bits per heavy atom. The molecule has 0 aromatic heterocycles. The van der Waals surface area contributed by atoms with E-state index in [4.69, 9.17) is 4.74 Å². The van der Waals surface area contributed by atoms with Crippen molar-refractivity contribution in [3.05, 3.63) is 34.4 Å². The van der Waals surface area contributed by atoms with Crippen LogP contribution in [0.4, 0.5) is 11.4 Å². The number of nitrogens with one attached hydrogen (secondary N) is 3. The van der Waals surface area contributed by atoms with Crippen molar-refractivity contribution in [1.82, 2.24) is 5.32 Å². The van der Waals surface area contributed by atoms with Gasteiger partial charge in [-0.2, -0.15) is 0 Å². The van der Waals surface area contributed by atoms with Crippen molar-refractivity contribution in [2.24, 2.45) is 0 Å². The molecule has 1 aromatic carbocycles. The summed E-state index contributed by atoms with van der Waals surface area (Å²) in [6, 6.07) is 6.21. The fourth-order valence-electron chi connectivity index (χ4n) is 2.93. The van der Waals surface area contributed by atoms with Crippen molar-refractivity contribution in [3.8, 4) is 0 Å². The Balaban J connectivity index is 1.64. The van der Waals surface area contributed by atoms with Crippen molar-refractivity contribution < 1.29 is 19.4 Å². The van der Waals surface area contributed by atoms with Crippen LogP contribution in [-0.2, 0) is 9.53 Å². The summed E-state index contributed by atoms with van der Waals surface area (Å²) in [5.74, 6) is 0.0248. The molecule has 1 aromatic rings. The van der Waals surface area contributed by atoms with E-state index in [-0.39, 0.29) is 23.8 Å². The molecule has 1 unspecified atom stereocenters. The number of non-ortho nitro benzene ring substituents is 1. The van der Waals surface area contributed by atoms with Crippen LogP contribution < -0.4 is 15.5 Å². The highest BCUT2D eigenvalue weighted by molar-refractivity contribution is 5.76. The minimum Gasteiger partial charge on any atom is -0.383 e. The molecule has 1 aliphatic heterocycles. The van der Waals surface area contributed by atoms with Crippen LogP contribution in [0.3, 0.4) is 0 Å². The molecule has 0 spiro atoms. The second-order valence-corrected chi connectivity index (χ2v) is 6.17. The van der Waals surface area contributed by atoms with Gasteiger partial charge in [0.2, 0.25) is 0 Å². The van der Waals surface area contributed by atoms with Gasteiger partial charge < -0.3 is 20.3 Å². The molecular formula is C16H25N4O4+. The van der Waals surface area contributed by atoms with E-state index >= 15 is 0 Å². The van der Waals surface area contributed by atoms with Crippen molar-refractivity contribution in [2.45, 2.75) is 26.1 Å². The van der Waals surface area contributed by atoms with E-state index in [1.807, 2.05) is 13.8 Å². The minimum atomic E-state index is -0.431. The molecule has 3 N–H and O–H groups in total. The summed E-state index contributed by atoms with van der Waals surface area (Å²) in [6.07, 6.45) is 0.362. The number of morpholine rings is 1. The van der Waals surface area contributed by atoms with Crippen LogP contribution >= 0.6 is 0 Å². The average molecular weight is 337 g/mol. The predicted octanol–water partition coefficient (Wildman–Crippen LogP) is -0.185. The third kappa shape index (κ3) is 5.78. The van der Waals surface area contributed by atoms with Gasteiger partial charge in [0.05, 0.1) is 4.92 Å². The van der Waals surface area contributed by atoms with Gasteiger partial charge in [-0.05, 0) is 26.0 Å². The highest BCUT2D eigenvalue weighted by Gasteiger charge is 2.26. The Morgan fingerprint density at radius 3 is 2.46 bits per heavy atom. The zero-order valence-electron chi connectivity index (χ0n) is 14.1. The highest BCUT2D eigenvalue weighted by Crippen LogP contribution is 2.14. The van der Waals surface area contributed by atoms with Crippen LogP contribution in [-0.4, -0.2) is 55.8 Å². The molecule has 1 amide bonds. The molecule has 1 saturated heterocycles. The topological polar surface area (TPSA) is 97.9 Å². The summed E-state index contributed by atoms with van der Waals surface area (Å²) in [5.41, 5.74) is 0.849. The van der Waals surface area contributed by atoms with E-state index in [0.29, 0.717) is 19.6 Å². The number of rotatable bonds is 7. The number of hydrogen-bond donors (Lipinski definition) is 3.